The van der Waals surface area contributed by atoms with Crippen molar-refractivity contribution < 1.29 is 22.7 Å². The van der Waals surface area contributed by atoms with Crippen molar-refractivity contribution in [2.45, 2.75) is 70.6 Å². The van der Waals surface area contributed by atoms with Gasteiger partial charge in [-0.05, 0) is 57.9 Å². The lowest BCUT2D eigenvalue weighted by Crippen LogP contribution is -2.39. The van der Waals surface area contributed by atoms with E-state index < -0.39 is 12.8 Å². The van der Waals surface area contributed by atoms with E-state index in [1.807, 2.05) is 6.92 Å². The van der Waals surface area contributed by atoms with Gasteiger partial charge in [-0.3, -0.25) is 9.69 Å². The first-order chi connectivity index (χ1) is 15.7. The van der Waals surface area contributed by atoms with Crippen molar-refractivity contribution in [2.24, 2.45) is 5.92 Å². The fourth-order valence-corrected chi connectivity index (χ4v) is 6.21. The number of thiazole rings is 2. The van der Waals surface area contributed by atoms with Gasteiger partial charge in [0.15, 0.2) is 6.61 Å². The maximum Gasteiger partial charge on any atom is 0.422 e. The number of hydrogen-bond acceptors (Lipinski definition) is 7. The van der Waals surface area contributed by atoms with E-state index in [2.05, 4.69) is 20.2 Å². The number of alkyl halides is 3. The normalized spacial score (nSPS) is 21.6. The van der Waals surface area contributed by atoms with Crippen LogP contribution in [-0.2, 0) is 24.2 Å². The van der Waals surface area contributed by atoms with Gasteiger partial charge in [0.25, 0.3) is 5.19 Å². The quantitative estimate of drug-likeness (QED) is 0.575. The molecule has 1 saturated carbocycles. The molecule has 2 aromatic heterocycles. The Kier molecular flexibility index (Phi) is 7.91. The number of ether oxygens (including phenoxy) is 1. The van der Waals surface area contributed by atoms with Crippen molar-refractivity contribution >= 4 is 28.6 Å². The first kappa shape index (κ1) is 24.4. The zero-order chi connectivity index (χ0) is 23.4. The molecule has 4 rings (SSSR count). The Bertz CT molecular complexity index is 938. The lowest BCUT2D eigenvalue weighted by Gasteiger charge is -2.32. The van der Waals surface area contributed by atoms with Gasteiger partial charge in [-0.1, -0.05) is 11.3 Å². The van der Waals surface area contributed by atoms with E-state index >= 15 is 0 Å². The first-order valence-corrected chi connectivity index (χ1v) is 13.0. The summed E-state index contributed by atoms with van der Waals surface area (Å²) >= 11 is 2.80. The predicted octanol–water partition coefficient (Wildman–Crippen LogP) is 4.52. The second-order valence-corrected chi connectivity index (χ2v) is 11.2. The van der Waals surface area contributed by atoms with Gasteiger partial charge in [0.05, 0.1) is 17.1 Å². The summed E-state index contributed by atoms with van der Waals surface area (Å²) in [6.45, 7) is 3.18. The third-order valence-electron chi connectivity index (χ3n) is 6.22. The Morgan fingerprint density at radius 1 is 1.27 bits per heavy atom. The van der Waals surface area contributed by atoms with Crippen molar-refractivity contribution in [3.63, 3.8) is 0 Å². The van der Waals surface area contributed by atoms with E-state index in [0.29, 0.717) is 18.9 Å². The van der Waals surface area contributed by atoms with Crippen LogP contribution in [0.15, 0.2) is 6.20 Å². The molecule has 1 aliphatic heterocycles. The lowest BCUT2D eigenvalue weighted by molar-refractivity contribution is -0.153. The zero-order valence-corrected chi connectivity index (χ0v) is 20.3. The van der Waals surface area contributed by atoms with Crippen LogP contribution in [0.3, 0.4) is 0 Å². The SMILES string of the molecule is Cc1ncc(CC(=O)N[C@H]2CC[C@H](CCN3CCc4sc(OCC(F)(F)F)nc4C3)CC2)s1. The summed E-state index contributed by atoms with van der Waals surface area (Å²) < 4.78 is 41.9. The number of nitrogens with zero attached hydrogens (tertiary/aromatic N) is 3. The Morgan fingerprint density at radius 2 is 2.06 bits per heavy atom. The van der Waals surface area contributed by atoms with Crippen LogP contribution in [0.4, 0.5) is 13.2 Å². The second kappa shape index (κ2) is 10.7. The standard InChI is InChI=1S/C22H29F3N4O2S2/c1-14-26-11-17(32-14)10-20(30)27-16-4-2-15(3-5-16)6-8-29-9-7-19-18(12-29)28-21(33-19)31-13-22(23,24)25/h11,15-16H,2-10,12-13H2,1H3,(H,27,30)/t15-,16-. The van der Waals surface area contributed by atoms with Gasteiger partial charge in [0.1, 0.15) is 0 Å². The van der Waals surface area contributed by atoms with Gasteiger partial charge in [-0.15, -0.1) is 11.3 Å². The summed E-state index contributed by atoms with van der Waals surface area (Å²) in [7, 11) is 0. The molecule has 0 saturated heterocycles. The van der Waals surface area contributed by atoms with Crippen LogP contribution in [-0.4, -0.2) is 52.7 Å². The Balaban J connectivity index is 1.15. The summed E-state index contributed by atoms with van der Waals surface area (Å²) in [6, 6.07) is 0.255. The molecule has 6 nitrogen and oxygen atoms in total. The summed E-state index contributed by atoms with van der Waals surface area (Å²) in [5.74, 6) is 0.720. The van der Waals surface area contributed by atoms with Crippen molar-refractivity contribution in [3.05, 3.63) is 26.7 Å². The number of aromatic nitrogens is 2. The summed E-state index contributed by atoms with van der Waals surface area (Å²) in [6.07, 6.45) is 3.97. The largest absolute Gasteiger partial charge is 0.460 e. The van der Waals surface area contributed by atoms with Gasteiger partial charge in [-0.25, -0.2) is 9.97 Å². The molecule has 11 heteroatoms. The average molecular weight is 503 g/mol. The molecule has 0 spiro atoms. The molecular formula is C22H29F3N4O2S2. The number of rotatable bonds is 8. The highest BCUT2D eigenvalue weighted by molar-refractivity contribution is 7.13. The third kappa shape index (κ3) is 7.38. The van der Waals surface area contributed by atoms with Gasteiger partial charge in [-0.2, -0.15) is 13.2 Å². The smallest absolute Gasteiger partial charge is 0.422 e. The van der Waals surface area contributed by atoms with Crippen LogP contribution in [0.5, 0.6) is 5.19 Å². The fraction of sp³-hybridized carbons (Fsp3) is 0.682. The molecule has 0 aromatic carbocycles. The minimum atomic E-state index is -4.35. The number of carbonyl (C=O) groups is 1. The summed E-state index contributed by atoms with van der Waals surface area (Å²) in [5.41, 5.74) is 0.853. The molecule has 0 bridgehead atoms. The molecule has 0 unspecified atom stereocenters. The van der Waals surface area contributed by atoms with Gasteiger partial charge in [0.2, 0.25) is 5.91 Å². The highest BCUT2D eigenvalue weighted by Gasteiger charge is 2.30. The number of carbonyl (C=O) groups excluding carboxylic acids is 1. The second-order valence-electron chi connectivity index (χ2n) is 8.88. The molecule has 0 atom stereocenters. The number of hydrogen-bond donors (Lipinski definition) is 1. The van der Waals surface area contributed by atoms with E-state index in [1.54, 1.807) is 17.5 Å². The van der Waals surface area contributed by atoms with Crippen molar-refractivity contribution in [3.8, 4) is 5.19 Å². The van der Waals surface area contributed by atoms with Gasteiger partial charge in [0, 0.05) is 35.1 Å². The van der Waals surface area contributed by atoms with Gasteiger partial charge < -0.3 is 10.1 Å². The number of nitrogens with one attached hydrogen (secondary N) is 1. The molecule has 1 aliphatic carbocycles. The molecule has 2 aliphatic rings. The highest BCUT2D eigenvalue weighted by atomic mass is 32.1. The van der Waals surface area contributed by atoms with E-state index in [4.69, 9.17) is 4.74 Å². The molecular weight excluding hydrogens is 473 g/mol. The maximum absolute atomic E-state index is 12.4. The molecule has 0 radical (unpaired) electrons. The molecule has 2 aromatic rings. The maximum atomic E-state index is 12.4. The Morgan fingerprint density at radius 3 is 2.76 bits per heavy atom. The molecule has 3 heterocycles. The van der Waals surface area contributed by atoms with Crippen LogP contribution in [0.2, 0.25) is 0 Å². The van der Waals surface area contributed by atoms with E-state index in [0.717, 1.165) is 72.1 Å². The van der Waals surface area contributed by atoms with Crippen molar-refractivity contribution in [1.29, 1.82) is 0 Å². The molecule has 1 N–H and O–H groups in total. The topological polar surface area (TPSA) is 67.4 Å². The minimum absolute atomic E-state index is 0.0769. The van der Waals surface area contributed by atoms with E-state index in [9.17, 15) is 18.0 Å². The third-order valence-corrected chi connectivity index (χ3v) is 8.20. The van der Waals surface area contributed by atoms with Gasteiger partial charge >= 0.3 is 6.18 Å². The Hall–Kier alpha value is -1.72. The highest BCUT2D eigenvalue weighted by Crippen LogP contribution is 2.32. The van der Waals surface area contributed by atoms with Crippen LogP contribution < -0.4 is 10.1 Å². The zero-order valence-electron chi connectivity index (χ0n) is 18.6. The monoisotopic (exact) mass is 502 g/mol. The van der Waals surface area contributed by atoms with Crippen molar-refractivity contribution in [1.82, 2.24) is 20.2 Å². The lowest BCUT2D eigenvalue weighted by atomic mass is 9.84. The number of fused-ring (bicyclic) bond motifs is 1. The van der Waals surface area contributed by atoms with Crippen LogP contribution >= 0.6 is 22.7 Å². The summed E-state index contributed by atoms with van der Waals surface area (Å²) in [4.78, 5) is 25.1. The summed E-state index contributed by atoms with van der Waals surface area (Å²) in [5, 5.41) is 4.27. The van der Waals surface area contributed by atoms with Crippen LogP contribution in [0.1, 0.15) is 52.6 Å². The number of aryl methyl sites for hydroxylation is 1. The van der Waals surface area contributed by atoms with Crippen LogP contribution in [0.25, 0.3) is 0 Å². The molecule has 1 fully saturated rings. The molecule has 33 heavy (non-hydrogen) atoms. The Labute approximate surface area is 199 Å². The molecule has 1 amide bonds. The first-order valence-electron chi connectivity index (χ1n) is 11.3. The molecule has 182 valence electrons. The minimum Gasteiger partial charge on any atom is -0.460 e. The number of halogens is 3. The van der Waals surface area contributed by atoms with Crippen LogP contribution in [0, 0.1) is 12.8 Å². The van der Waals surface area contributed by atoms with Crippen molar-refractivity contribution in [2.75, 3.05) is 19.7 Å². The predicted molar refractivity (Wildman–Crippen MR) is 122 cm³/mol. The fourth-order valence-electron chi connectivity index (χ4n) is 4.51. The average Bonchev–Trinajstić information content (AvgIpc) is 3.36. The van der Waals surface area contributed by atoms with E-state index in [-0.39, 0.29) is 17.1 Å². The number of amides is 1. The van der Waals surface area contributed by atoms with E-state index in [1.165, 1.54) is 11.3 Å².